The van der Waals surface area contributed by atoms with E-state index in [0.717, 1.165) is 28.1 Å². The third-order valence-electron chi connectivity index (χ3n) is 4.96. The zero-order valence-corrected chi connectivity index (χ0v) is 15.5. The lowest BCUT2D eigenvalue weighted by Gasteiger charge is -2.15. The Bertz CT molecular complexity index is 1080. The van der Waals surface area contributed by atoms with E-state index in [-0.39, 0.29) is 11.7 Å². The summed E-state index contributed by atoms with van der Waals surface area (Å²) in [4.78, 5) is 27.4. The summed E-state index contributed by atoms with van der Waals surface area (Å²) in [5, 5.41) is 2.95. The molecule has 1 aliphatic rings. The van der Waals surface area contributed by atoms with Crippen LogP contribution in [-0.4, -0.2) is 25.8 Å². The van der Waals surface area contributed by atoms with Crippen molar-refractivity contribution in [1.82, 2.24) is 0 Å². The number of nitrogens with zero attached hydrogens (tertiary/aromatic N) is 1. The summed E-state index contributed by atoms with van der Waals surface area (Å²) in [5.74, 6) is -0.246. The number of hydrogen-bond acceptors (Lipinski definition) is 3. The molecule has 0 atom stereocenters. The standard InChI is InChI=1S/C23H20N2O2/c1-14-12-16(25(2)3)9-11-21(14)24-23(27)15-8-10-18-17-6-4-5-7-19(17)22(26)20(18)13-15/h4-13H,1-3H3,(H,24,27). The fourth-order valence-corrected chi connectivity index (χ4v) is 3.43. The largest absolute Gasteiger partial charge is 0.378 e. The predicted molar refractivity (Wildman–Crippen MR) is 109 cm³/mol. The van der Waals surface area contributed by atoms with Gasteiger partial charge in [0.15, 0.2) is 5.78 Å². The van der Waals surface area contributed by atoms with Gasteiger partial charge in [0.2, 0.25) is 0 Å². The van der Waals surface area contributed by atoms with Crippen molar-refractivity contribution >= 4 is 23.1 Å². The SMILES string of the molecule is Cc1cc(N(C)C)ccc1NC(=O)c1ccc2c(c1)C(=O)c1ccccc1-2. The van der Waals surface area contributed by atoms with Crippen molar-refractivity contribution in [2.45, 2.75) is 6.92 Å². The molecule has 3 aromatic rings. The van der Waals surface area contributed by atoms with Gasteiger partial charge in [0.25, 0.3) is 5.91 Å². The zero-order chi connectivity index (χ0) is 19.1. The summed E-state index contributed by atoms with van der Waals surface area (Å²) in [6, 6.07) is 18.8. The molecule has 0 saturated carbocycles. The average molecular weight is 356 g/mol. The van der Waals surface area contributed by atoms with Gasteiger partial charge in [-0.25, -0.2) is 0 Å². The van der Waals surface area contributed by atoms with Crippen molar-refractivity contribution < 1.29 is 9.59 Å². The molecule has 0 spiro atoms. The van der Waals surface area contributed by atoms with Gasteiger partial charge in [-0.05, 0) is 53.9 Å². The fourth-order valence-electron chi connectivity index (χ4n) is 3.43. The van der Waals surface area contributed by atoms with E-state index < -0.39 is 0 Å². The fraction of sp³-hybridized carbons (Fsp3) is 0.130. The van der Waals surface area contributed by atoms with Crippen molar-refractivity contribution in [3.63, 3.8) is 0 Å². The van der Waals surface area contributed by atoms with Crippen LogP contribution in [0, 0.1) is 6.92 Å². The minimum Gasteiger partial charge on any atom is -0.378 e. The number of aryl methyl sites for hydroxylation is 1. The van der Waals surface area contributed by atoms with Gasteiger partial charge >= 0.3 is 0 Å². The van der Waals surface area contributed by atoms with Gasteiger partial charge in [0.1, 0.15) is 0 Å². The maximum atomic E-state index is 12.7. The quantitative estimate of drug-likeness (QED) is 0.587. The first kappa shape index (κ1) is 17.0. The summed E-state index contributed by atoms with van der Waals surface area (Å²) in [6.45, 7) is 1.96. The Labute approximate surface area is 158 Å². The van der Waals surface area contributed by atoms with Crippen LogP contribution in [0.25, 0.3) is 11.1 Å². The van der Waals surface area contributed by atoms with Crippen LogP contribution in [-0.2, 0) is 0 Å². The normalized spacial score (nSPS) is 11.7. The maximum absolute atomic E-state index is 12.7. The lowest BCUT2D eigenvalue weighted by Crippen LogP contribution is -2.14. The second-order valence-electron chi connectivity index (χ2n) is 6.98. The lowest BCUT2D eigenvalue weighted by atomic mass is 10.0. The molecule has 4 heteroatoms. The number of fused-ring (bicyclic) bond motifs is 3. The molecule has 0 unspecified atom stereocenters. The highest BCUT2D eigenvalue weighted by atomic mass is 16.1. The Morgan fingerprint density at radius 1 is 0.852 bits per heavy atom. The number of carbonyl (C=O) groups is 2. The van der Waals surface area contributed by atoms with E-state index in [9.17, 15) is 9.59 Å². The number of nitrogens with one attached hydrogen (secondary N) is 1. The van der Waals surface area contributed by atoms with Gasteiger partial charge in [0.05, 0.1) is 0 Å². The highest BCUT2D eigenvalue weighted by Crippen LogP contribution is 2.36. The van der Waals surface area contributed by atoms with Crippen LogP contribution < -0.4 is 10.2 Å². The summed E-state index contributed by atoms with van der Waals surface area (Å²) in [7, 11) is 3.96. The first-order valence-electron chi connectivity index (χ1n) is 8.83. The van der Waals surface area contributed by atoms with E-state index >= 15 is 0 Å². The van der Waals surface area contributed by atoms with E-state index in [1.807, 2.05) is 74.4 Å². The molecular weight excluding hydrogens is 336 g/mol. The number of ketones is 1. The van der Waals surface area contributed by atoms with Crippen LogP contribution in [0.15, 0.2) is 60.7 Å². The van der Waals surface area contributed by atoms with Crippen LogP contribution in [0.2, 0.25) is 0 Å². The van der Waals surface area contributed by atoms with Crippen molar-refractivity contribution in [2.75, 3.05) is 24.3 Å². The number of amides is 1. The molecule has 0 heterocycles. The Morgan fingerprint density at radius 3 is 2.26 bits per heavy atom. The van der Waals surface area contributed by atoms with E-state index in [4.69, 9.17) is 0 Å². The van der Waals surface area contributed by atoms with E-state index in [2.05, 4.69) is 5.32 Å². The summed E-state index contributed by atoms with van der Waals surface area (Å²) in [5.41, 5.74) is 6.40. The highest BCUT2D eigenvalue weighted by Gasteiger charge is 2.27. The lowest BCUT2D eigenvalue weighted by molar-refractivity contribution is 0.102. The first-order valence-corrected chi connectivity index (χ1v) is 8.83. The molecule has 4 nitrogen and oxygen atoms in total. The van der Waals surface area contributed by atoms with Crippen LogP contribution in [0.5, 0.6) is 0 Å². The van der Waals surface area contributed by atoms with Gasteiger partial charge in [-0.1, -0.05) is 30.3 Å². The van der Waals surface area contributed by atoms with Crippen molar-refractivity contribution in [3.05, 3.63) is 82.9 Å². The predicted octanol–water partition coefficient (Wildman–Crippen LogP) is 4.52. The summed E-state index contributed by atoms with van der Waals surface area (Å²) < 4.78 is 0. The molecule has 0 aromatic heterocycles. The highest BCUT2D eigenvalue weighted by molar-refractivity contribution is 6.22. The van der Waals surface area contributed by atoms with Gasteiger partial charge in [0, 0.05) is 42.2 Å². The molecule has 0 saturated heterocycles. The van der Waals surface area contributed by atoms with E-state index in [1.54, 1.807) is 12.1 Å². The molecule has 1 aliphatic carbocycles. The number of rotatable bonds is 3. The molecule has 0 fully saturated rings. The topological polar surface area (TPSA) is 49.4 Å². The average Bonchev–Trinajstić information content (AvgIpc) is 2.95. The van der Waals surface area contributed by atoms with Crippen LogP contribution >= 0.6 is 0 Å². The summed E-state index contributed by atoms with van der Waals surface area (Å²) in [6.07, 6.45) is 0. The van der Waals surface area contributed by atoms with Crippen LogP contribution in [0.4, 0.5) is 11.4 Å². The zero-order valence-electron chi connectivity index (χ0n) is 15.5. The second-order valence-corrected chi connectivity index (χ2v) is 6.98. The number of hydrogen-bond donors (Lipinski definition) is 1. The van der Waals surface area contributed by atoms with Crippen molar-refractivity contribution in [3.8, 4) is 11.1 Å². The molecule has 27 heavy (non-hydrogen) atoms. The van der Waals surface area contributed by atoms with Gasteiger partial charge < -0.3 is 10.2 Å². The number of anilines is 2. The third kappa shape index (κ3) is 2.89. The molecule has 3 aromatic carbocycles. The minimum atomic E-state index is -0.220. The second kappa shape index (κ2) is 6.40. The third-order valence-corrected chi connectivity index (χ3v) is 4.96. The van der Waals surface area contributed by atoms with Gasteiger partial charge in [-0.15, -0.1) is 0 Å². The molecule has 0 aliphatic heterocycles. The molecule has 0 bridgehead atoms. The number of carbonyl (C=O) groups excluding carboxylic acids is 2. The van der Waals surface area contributed by atoms with Crippen LogP contribution in [0.1, 0.15) is 31.8 Å². The van der Waals surface area contributed by atoms with Gasteiger partial charge in [-0.2, -0.15) is 0 Å². The Hall–Kier alpha value is -3.40. The molecule has 1 N–H and O–H groups in total. The summed E-state index contributed by atoms with van der Waals surface area (Å²) >= 11 is 0. The van der Waals surface area contributed by atoms with Crippen molar-refractivity contribution in [1.29, 1.82) is 0 Å². The first-order chi connectivity index (χ1) is 13.0. The molecular formula is C23H20N2O2. The number of benzene rings is 3. The Kier molecular flexibility index (Phi) is 4.04. The van der Waals surface area contributed by atoms with E-state index in [1.165, 1.54) is 0 Å². The maximum Gasteiger partial charge on any atom is 0.255 e. The minimum absolute atomic E-state index is 0.0261. The Balaban J connectivity index is 1.62. The van der Waals surface area contributed by atoms with E-state index in [0.29, 0.717) is 16.7 Å². The molecule has 1 amide bonds. The molecule has 134 valence electrons. The molecule has 0 radical (unpaired) electrons. The van der Waals surface area contributed by atoms with Crippen LogP contribution in [0.3, 0.4) is 0 Å². The van der Waals surface area contributed by atoms with Gasteiger partial charge in [-0.3, -0.25) is 9.59 Å². The molecule has 4 rings (SSSR count). The smallest absolute Gasteiger partial charge is 0.255 e. The Morgan fingerprint density at radius 2 is 1.56 bits per heavy atom. The van der Waals surface area contributed by atoms with Crippen molar-refractivity contribution in [2.24, 2.45) is 0 Å². The monoisotopic (exact) mass is 356 g/mol.